The summed E-state index contributed by atoms with van der Waals surface area (Å²) in [5.74, 6) is 2.78. The second-order valence-electron chi connectivity index (χ2n) is 10.8. The molecule has 2 aliphatic heterocycles. The van der Waals surface area contributed by atoms with E-state index in [1.165, 1.54) is 5.57 Å². The number of aromatic nitrogens is 6. The summed E-state index contributed by atoms with van der Waals surface area (Å²) in [5, 5.41) is 0. The zero-order valence-corrected chi connectivity index (χ0v) is 23.0. The Morgan fingerprint density at radius 1 is 1.03 bits per heavy atom. The second kappa shape index (κ2) is 9.73. The van der Waals surface area contributed by atoms with Crippen LogP contribution in [0.2, 0.25) is 0 Å². The lowest BCUT2D eigenvalue weighted by atomic mass is 9.95. The molecule has 6 rings (SSSR count). The maximum Gasteiger partial charge on any atom is 0.239 e. The summed E-state index contributed by atoms with van der Waals surface area (Å²) in [7, 11) is 2.01. The molecule has 2 aliphatic rings. The Bertz CT molecular complexity index is 1580. The van der Waals surface area contributed by atoms with Gasteiger partial charge in [0, 0.05) is 33.2 Å². The quantitative estimate of drug-likeness (QED) is 0.419. The number of hydrogen-bond donors (Lipinski definition) is 1. The number of amides is 1. The van der Waals surface area contributed by atoms with E-state index in [0.717, 1.165) is 78.7 Å². The Kier molecular flexibility index (Phi) is 6.35. The predicted octanol–water partition coefficient (Wildman–Crippen LogP) is 2.59. The number of piperidine rings is 1. The fraction of sp³-hybridized carbons (Fsp3) is 0.464. The van der Waals surface area contributed by atoms with Crippen LogP contribution in [0.15, 0.2) is 29.8 Å². The first-order valence-corrected chi connectivity index (χ1v) is 13.5. The van der Waals surface area contributed by atoms with Gasteiger partial charge in [0.05, 0.1) is 29.8 Å². The highest BCUT2D eigenvalue weighted by molar-refractivity contribution is 5.87. The summed E-state index contributed by atoms with van der Waals surface area (Å²) < 4.78 is 9.68. The zero-order chi connectivity index (χ0) is 27.3. The molecule has 39 heavy (non-hydrogen) atoms. The Hall–Kier alpha value is -3.83. The average Bonchev–Trinajstić information content (AvgIpc) is 3.44. The summed E-state index contributed by atoms with van der Waals surface area (Å²) in [6.07, 6.45) is 3.87. The molecule has 0 saturated carbocycles. The van der Waals surface area contributed by atoms with Crippen LogP contribution in [0.3, 0.4) is 0 Å². The van der Waals surface area contributed by atoms with Crippen LogP contribution in [0.4, 0.5) is 5.82 Å². The number of morpholine rings is 1. The van der Waals surface area contributed by atoms with Crippen LogP contribution in [0.5, 0.6) is 0 Å². The van der Waals surface area contributed by atoms with Crippen molar-refractivity contribution in [1.29, 1.82) is 0 Å². The van der Waals surface area contributed by atoms with Crippen LogP contribution in [0, 0.1) is 6.92 Å². The normalized spacial score (nSPS) is 17.3. The number of carbonyl (C=O) groups excluding carboxylic acids is 1. The molecule has 1 aromatic carbocycles. The van der Waals surface area contributed by atoms with Crippen LogP contribution >= 0.6 is 0 Å². The molecule has 0 radical (unpaired) electrons. The number of aryl methyl sites for hydroxylation is 2. The number of carbonyl (C=O) groups is 1. The number of ether oxygens (including phenoxy) is 1. The van der Waals surface area contributed by atoms with E-state index in [1.54, 1.807) is 0 Å². The van der Waals surface area contributed by atoms with Crippen molar-refractivity contribution >= 4 is 40.0 Å². The minimum Gasteiger partial charge on any atom is -0.378 e. The van der Waals surface area contributed by atoms with Crippen LogP contribution in [0.1, 0.15) is 38.3 Å². The van der Waals surface area contributed by atoms with Crippen molar-refractivity contribution in [2.75, 3.05) is 44.3 Å². The minimum absolute atomic E-state index is 0.295. The van der Waals surface area contributed by atoms with Gasteiger partial charge in [-0.05, 0) is 51.8 Å². The van der Waals surface area contributed by atoms with E-state index in [9.17, 15) is 4.79 Å². The first-order valence-electron chi connectivity index (χ1n) is 13.5. The largest absolute Gasteiger partial charge is 0.378 e. The van der Waals surface area contributed by atoms with Gasteiger partial charge in [-0.25, -0.2) is 9.97 Å². The Balaban J connectivity index is 1.42. The monoisotopic (exact) mass is 529 g/mol. The van der Waals surface area contributed by atoms with Gasteiger partial charge in [-0.15, -0.1) is 0 Å². The van der Waals surface area contributed by atoms with Crippen molar-refractivity contribution in [3.05, 3.63) is 41.5 Å². The Labute approximate surface area is 227 Å². The molecule has 11 nitrogen and oxygen atoms in total. The molecule has 204 valence electrons. The van der Waals surface area contributed by atoms with Crippen LogP contribution in [-0.4, -0.2) is 84.8 Å². The van der Waals surface area contributed by atoms with E-state index in [-0.39, 0.29) is 5.91 Å². The summed E-state index contributed by atoms with van der Waals surface area (Å²) in [4.78, 5) is 36.2. The van der Waals surface area contributed by atoms with Crippen molar-refractivity contribution in [1.82, 2.24) is 34.0 Å². The van der Waals surface area contributed by atoms with Gasteiger partial charge in [0.15, 0.2) is 17.0 Å². The SMILES string of the molecule is Cc1nc2ccccc2n1-c1nc(N2CCOCC2)c2nc(C=C3CCN(C(C)(C)C(N)=O)CC3)n(C)c2n1. The highest BCUT2D eigenvalue weighted by Gasteiger charge is 2.34. The molecule has 4 aromatic rings. The Morgan fingerprint density at radius 3 is 2.46 bits per heavy atom. The molecule has 0 atom stereocenters. The van der Waals surface area contributed by atoms with Crippen LogP contribution in [0.25, 0.3) is 34.2 Å². The number of hydrogen-bond acceptors (Lipinski definition) is 8. The van der Waals surface area contributed by atoms with Crippen LogP contribution in [-0.2, 0) is 16.6 Å². The van der Waals surface area contributed by atoms with E-state index < -0.39 is 5.54 Å². The first-order chi connectivity index (χ1) is 18.7. The third-order valence-electron chi connectivity index (χ3n) is 8.09. The van der Waals surface area contributed by atoms with E-state index in [2.05, 4.69) is 15.9 Å². The van der Waals surface area contributed by atoms with Gasteiger partial charge in [0.25, 0.3) is 0 Å². The van der Waals surface area contributed by atoms with Crippen molar-refractivity contribution in [2.24, 2.45) is 12.8 Å². The molecule has 2 saturated heterocycles. The lowest BCUT2D eigenvalue weighted by Gasteiger charge is -2.39. The van der Waals surface area contributed by atoms with Gasteiger partial charge in [-0.3, -0.25) is 14.3 Å². The molecule has 1 amide bonds. The maximum atomic E-state index is 11.9. The number of nitrogens with two attached hydrogens (primary N) is 1. The summed E-state index contributed by atoms with van der Waals surface area (Å²) in [6.45, 7) is 10.1. The number of para-hydroxylation sites is 2. The molecule has 2 N–H and O–H groups in total. The minimum atomic E-state index is -0.655. The molecular formula is C28H35N9O2. The third kappa shape index (κ3) is 4.45. The topological polar surface area (TPSA) is 120 Å². The molecule has 0 unspecified atom stereocenters. The van der Waals surface area contributed by atoms with Gasteiger partial charge in [-0.1, -0.05) is 17.7 Å². The summed E-state index contributed by atoms with van der Waals surface area (Å²) >= 11 is 0. The molecule has 0 aliphatic carbocycles. The fourth-order valence-electron chi connectivity index (χ4n) is 5.51. The van der Waals surface area contributed by atoms with Crippen molar-refractivity contribution in [3.63, 3.8) is 0 Å². The number of primary amides is 1. The Morgan fingerprint density at radius 2 is 1.74 bits per heavy atom. The lowest BCUT2D eigenvalue weighted by molar-refractivity contribution is -0.128. The van der Waals surface area contributed by atoms with Gasteiger partial charge in [0.1, 0.15) is 11.6 Å². The highest BCUT2D eigenvalue weighted by atomic mass is 16.5. The van der Waals surface area contributed by atoms with E-state index >= 15 is 0 Å². The van der Waals surface area contributed by atoms with Crippen molar-refractivity contribution in [2.45, 2.75) is 39.2 Å². The molecule has 0 bridgehead atoms. The van der Waals surface area contributed by atoms with Crippen LogP contribution < -0.4 is 10.6 Å². The van der Waals surface area contributed by atoms with E-state index in [4.69, 9.17) is 30.4 Å². The molecule has 5 heterocycles. The first kappa shape index (κ1) is 25.4. The lowest BCUT2D eigenvalue weighted by Crippen LogP contribution is -2.55. The number of benzene rings is 1. The maximum absolute atomic E-state index is 11.9. The average molecular weight is 530 g/mol. The number of rotatable bonds is 5. The van der Waals surface area contributed by atoms with Gasteiger partial charge in [0.2, 0.25) is 11.9 Å². The van der Waals surface area contributed by atoms with Gasteiger partial charge in [-0.2, -0.15) is 9.97 Å². The fourth-order valence-corrected chi connectivity index (χ4v) is 5.51. The smallest absolute Gasteiger partial charge is 0.239 e. The predicted molar refractivity (Wildman–Crippen MR) is 151 cm³/mol. The number of fused-ring (bicyclic) bond motifs is 2. The second-order valence-corrected chi connectivity index (χ2v) is 10.8. The van der Waals surface area contributed by atoms with Gasteiger partial charge < -0.3 is 19.9 Å². The molecule has 11 heteroatoms. The van der Waals surface area contributed by atoms with Gasteiger partial charge >= 0.3 is 0 Å². The standard InChI is InChI=1S/C28H35N9O2/c1-18-30-20-7-5-6-8-21(20)37(18)27-32-24-23(25(33-27)35-13-15-39-16-14-35)31-22(34(24)4)17-19-9-11-36(12-10-19)28(2,3)26(29)38/h5-8,17H,9-16H2,1-4H3,(H2,29,38). The summed E-state index contributed by atoms with van der Waals surface area (Å²) in [5.41, 5.74) is 9.72. The summed E-state index contributed by atoms with van der Waals surface area (Å²) in [6, 6.07) is 8.04. The van der Waals surface area contributed by atoms with E-state index in [1.807, 2.05) is 61.2 Å². The number of nitrogens with zero attached hydrogens (tertiary/aromatic N) is 8. The number of imidazole rings is 2. The van der Waals surface area contributed by atoms with E-state index in [0.29, 0.717) is 19.2 Å². The number of likely N-dealkylation sites (tertiary alicyclic amines) is 1. The zero-order valence-electron chi connectivity index (χ0n) is 23.0. The van der Waals surface area contributed by atoms with Crippen molar-refractivity contribution in [3.8, 4) is 5.95 Å². The molecule has 3 aromatic heterocycles. The third-order valence-corrected chi connectivity index (χ3v) is 8.09. The van der Waals surface area contributed by atoms with Crippen molar-refractivity contribution < 1.29 is 9.53 Å². The molecular weight excluding hydrogens is 494 g/mol. The number of anilines is 1. The molecule has 0 spiro atoms. The highest BCUT2D eigenvalue weighted by Crippen LogP contribution is 2.30. The molecule has 2 fully saturated rings.